The van der Waals surface area contributed by atoms with Gasteiger partial charge in [0.25, 0.3) is 0 Å². The summed E-state index contributed by atoms with van der Waals surface area (Å²) >= 11 is 0. The van der Waals surface area contributed by atoms with Gasteiger partial charge in [0.2, 0.25) is 0 Å². The molecule has 0 aromatic carbocycles. The monoisotopic (exact) mass is 211 g/mol. The molecule has 0 bridgehead atoms. The minimum atomic E-state index is 0.498. The molecular formula is C13H25NO. The molecule has 3 atom stereocenters. The van der Waals surface area contributed by atoms with Crippen LogP contribution >= 0.6 is 0 Å². The van der Waals surface area contributed by atoms with Crippen LogP contribution in [0.5, 0.6) is 0 Å². The molecule has 0 radical (unpaired) electrons. The second kappa shape index (κ2) is 5.86. The zero-order valence-corrected chi connectivity index (χ0v) is 10.0. The summed E-state index contributed by atoms with van der Waals surface area (Å²) in [7, 11) is 0. The summed E-state index contributed by atoms with van der Waals surface area (Å²) in [6, 6.07) is 0. The standard InChI is InChI=1S/C13H25NO/c1-11-5-6-12(8-11)9-14-10-13-4-2-3-7-15-13/h11-14H,2-10H2,1H3. The van der Waals surface area contributed by atoms with Crippen LogP contribution < -0.4 is 5.32 Å². The molecule has 2 heteroatoms. The third-order valence-electron chi connectivity index (χ3n) is 3.88. The van der Waals surface area contributed by atoms with Gasteiger partial charge in [-0.1, -0.05) is 13.3 Å². The number of rotatable bonds is 4. The van der Waals surface area contributed by atoms with Crippen molar-refractivity contribution < 1.29 is 4.74 Å². The van der Waals surface area contributed by atoms with Crippen molar-refractivity contribution in [2.45, 2.75) is 51.6 Å². The van der Waals surface area contributed by atoms with Crippen LogP contribution in [-0.2, 0) is 4.74 Å². The number of hydrogen-bond acceptors (Lipinski definition) is 2. The highest BCUT2D eigenvalue weighted by Gasteiger charge is 2.21. The first-order valence-electron chi connectivity index (χ1n) is 6.67. The third-order valence-corrected chi connectivity index (χ3v) is 3.88. The van der Waals surface area contributed by atoms with Crippen LogP contribution in [-0.4, -0.2) is 25.8 Å². The molecule has 88 valence electrons. The van der Waals surface area contributed by atoms with Crippen LogP contribution in [0.15, 0.2) is 0 Å². The van der Waals surface area contributed by atoms with Crippen LogP contribution in [0, 0.1) is 11.8 Å². The van der Waals surface area contributed by atoms with E-state index in [2.05, 4.69) is 12.2 Å². The van der Waals surface area contributed by atoms with E-state index < -0.39 is 0 Å². The molecule has 0 aromatic rings. The fourth-order valence-corrected chi connectivity index (χ4v) is 2.93. The van der Waals surface area contributed by atoms with Gasteiger partial charge in [0.15, 0.2) is 0 Å². The van der Waals surface area contributed by atoms with Crippen molar-refractivity contribution in [1.29, 1.82) is 0 Å². The molecule has 2 aliphatic rings. The van der Waals surface area contributed by atoms with E-state index in [1.165, 1.54) is 45.1 Å². The van der Waals surface area contributed by atoms with Crippen molar-refractivity contribution in [3.8, 4) is 0 Å². The summed E-state index contributed by atoms with van der Waals surface area (Å²) in [6.45, 7) is 5.64. The van der Waals surface area contributed by atoms with Crippen LogP contribution in [0.2, 0.25) is 0 Å². The highest BCUT2D eigenvalue weighted by atomic mass is 16.5. The maximum Gasteiger partial charge on any atom is 0.0699 e. The molecule has 0 spiro atoms. The SMILES string of the molecule is CC1CCC(CNCC2CCCCO2)C1. The second-order valence-corrected chi connectivity index (χ2v) is 5.43. The molecule has 1 saturated heterocycles. The topological polar surface area (TPSA) is 21.3 Å². The minimum absolute atomic E-state index is 0.498. The molecule has 1 aliphatic heterocycles. The molecule has 3 unspecified atom stereocenters. The largest absolute Gasteiger partial charge is 0.377 e. The molecule has 1 heterocycles. The summed E-state index contributed by atoms with van der Waals surface area (Å²) < 4.78 is 5.70. The van der Waals surface area contributed by atoms with Crippen LogP contribution in [0.3, 0.4) is 0 Å². The molecule has 0 aromatic heterocycles. The summed E-state index contributed by atoms with van der Waals surface area (Å²) in [4.78, 5) is 0. The zero-order chi connectivity index (χ0) is 10.5. The van der Waals surface area contributed by atoms with E-state index in [-0.39, 0.29) is 0 Å². The Kier molecular flexibility index (Phi) is 4.45. The number of hydrogen-bond donors (Lipinski definition) is 1. The van der Waals surface area contributed by atoms with Gasteiger partial charge in [0.1, 0.15) is 0 Å². The van der Waals surface area contributed by atoms with E-state index in [1.54, 1.807) is 0 Å². The van der Waals surface area contributed by atoms with Gasteiger partial charge in [-0.3, -0.25) is 0 Å². The summed E-state index contributed by atoms with van der Waals surface area (Å²) in [6.07, 6.45) is 8.67. The maximum atomic E-state index is 5.70. The lowest BCUT2D eigenvalue weighted by atomic mass is 10.1. The predicted octanol–water partition coefficient (Wildman–Crippen LogP) is 2.58. The molecule has 1 N–H and O–H groups in total. The molecular weight excluding hydrogens is 186 g/mol. The predicted molar refractivity (Wildman–Crippen MR) is 63.0 cm³/mol. The average molecular weight is 211 g/mol. The van der Waals surface area contributed by atoms with E-state index in [1.807, 2.05) is 0 Å². The molecule has 1 aliphatic carbocycles. The Balaban J connectivity index is 1.54. The van der Waals surface area contributed by atoms with Crippen molar-refractivity contribution >= 4 is 0 Å². The maximum absolute atomic E-state index is 5.70. The van der Waals surface area contributed by atoms with Gasteiger partial charge >= 0.3 is 0 Å². The Bertz CT molecular complexity index is 173. The van der Waals surface area contributed by atoms with E-state index in [0.29, 0.717) is 6.10 Å². The third kappa shape index (κ3) is 3.76. The Hall–Kier alpha value is -0.0800. The smallest absolute Gasteiger partial charge is 0.0699 e. The van der Waals surface area contributed by atoms with Crippen LogP contribution in [0.25, 0.3) is 0 Å². The van der Waals surface area contributed by atoms with Crippen molar-refractivity contribution in [3.05, 3.63) is 0 Å². The Morgan fingerprint density at radius 1 is 1.13 bits per heavy atom. The highest BCUT2D eigenvalue weighted by molar-refractivity contribution is 4.75. The Labute approximate surface area is 93.8 Å². The van der Waals surface area contributed by atoms with E-state index >= 15 is 0 Å². The first-order chi connectivity index (χ1) is 7.34. The lowest BCUT2D eigenvalue weighted by molar-refractivity contribution is 0.0165. The molecule has 2 rings (SSSR count). The van der Waals surface area contributed by atoms with Crippen molar-refractivity contribution in [2.75, 3.05) is 19.7 Å². The van der Waals surface area contributed by atoms with E-state index in [4.69, 9.17) is 4.74 Å². The van der Waals surface area contributed by atoms with Gasteiger partial charge in [-0.25, -0.2) is 0 Å². The lowest BCUT2D eigenvalue weighted by Crippen LogP contribution is -2.34. The second-order valence-electron chi connectivity index (χ2n) is 5.43. The van der Waals surface area contributed by atoms with Gasteiger partial charge in [0, 0.05) is 13.2 Å². The fraction of sp³-hybridized carbons (Fsp3) is 1.00. The van der Waals surface area contributed by atoms with Gasteiger partial charge in [-0.15, -0.1) is 0 Å². The minimum Gasteiger partial charge on any atom is -0.377 e. The van der Waals surface area contributed by atoms with Crippen LogP contribution in [0.1, 0.15) is 45.4 Å². The van der Waals surface area contributed by atoms with Crippen molar-refractivity contribution in [1.82, 2.24) is 5.32 Å². The van der Waals surface area contributed by atoms with Gasteiger partial charge in [-0.05, 0) is 50.5 Å². The Morgan fingerprint density at radius 3 is 2.73 bits per heavy atom. The molecule has 15 heavy (non-hydrogen) atoms. The van der Waals surface area contributed by atoms with Gasteiger partial charge in [0.05, 0.1) is 6.10 Å². The summed E-state index contributed by atoms with van der Waals surface area (Å²) in [5.41, 5.74) is 0. The molecule has 2 nitrogen and oxygen atoms in total. The summed E-state index contributed by atoms with van der Waals surface area (Å²) in [5.74, 6) is 1.89. The molecule has 1 saturated carbocycles. The Morgan fingerprint density at radius 2 is 2.07 bits per heavy atom. The fourth-order valence-electron chi connectivity index (χ4n) is 2.93. The first kappa shape index (κ1) is 11.4. The number of nitrogens with one attached hydrogen (secondary N) is 1. The van der Waals surface area contributed by atoms with Gasteiger partial charge in [-0.2, -0.15) is 0 Å². The lowest BCUT2D eigenvalue weighted by Gasteiger charge is -2.23. The van der Waals surface area contributed by atoms with Crippen molar-refractivity contribution in [2.24, 2.45) is 11.8 Å². The summed E-state index contributed by atoms with van der Waals surface area (Å²) in [5, 5.41) is 3.59. The molecule has 0 amide bonds. The van der Waals surface area contributed by atoms with Crippen LogP contribution in [0.4, 0.5) is 0 Å². The average Bonchev–Trinajstić information content (AvgIpc) is 2.66. The van der Waals surface area contributed by atoms with Crippen molar-refractivity contribution in [3.63, 3.8) is 0 Å². The highest BCUT2D eigenvalue weighted by Crippen LogP contribution is 2.29. The zero-order valence-electron chi connectivity index (χ0n) is 10.0. The molecule has 2 fully saturated rings. The van der Waals surface area contributed by atoms with E-state index in [0.717, 1.165) is 25.0 Å². The van der Waals surface area contributed by atoms with E-state index in [9.17, 15) is 0 Å². The van der Waals surface area contributed by atoms with Gasteiger partial charge < -0.3 is 10.1 Å². The first-order valence-corrected chi connectivity index (χ1v) is 6.67. The number of ether oxygens (including phenoxy) is 1. The normalized spacial score (nSPS) is 37.0. The quantitative estimate of drug-likeness (QED) is 0.771.